The van der Waals surface area contributed by atoms with Gasteiger partial charge in [-0.25, -0.2) is 8.42 Å². The van der Waals surface area contributed by atoms with Crippen LogP contribution in [0, 0.1) is 0 Å². The minimum atomic E-state index is -3.56. The van der Waals surface area contributed by atoms with Crippen molar-refractivity contribution >= 4 is 38.6 Å². The monoisotopic (exact) mass is 454 g/mol. The van der Waals surface area contributed by atoms with Crippen molar-refractivity contribution < 1.29 is 13.2 Å². The second kappa shape index (κ2) is 8.13. The number of sulfonamides is 1. The van der Waals surface area contributed by atoms with Crippen molar-refractivity contribution in [2.75, 3.05) is 16.2 Å². The molecule has 0 aliphatic carbocycles. The third-order valence-corrected chi connectivity index (χ3v) is 8.65. The number of nitrogens with zero attached hydrogens (tertiary/aromatic N) is 1. The molecule has 1 aliphatic rings. The van der Waals surface area contributed by atoms with E-state index >= 15 is 0 Å². The predicted molar refractivity (Wildman–Crippen MR) is 127 cm³/mol. The van der Waals surface area contributed by atoms with Crippen LogP contribution in [0.2, 0.25) is 0 Å². The number of hydrogen-bond donors (Lipinski definition) is 1. The molecule has 162 valence electrons. The Morgan fingerprint density at radius 3 is 2.45 bits per heavy atom. The molecule has 1 amide bonds. The zero-order chi connectivity index (χ0) is 22.2. The SMILES string of the molecule is CC(C)(C)c1ccc(C(=O)Nc2ccc3c(c2)CCCN3S(=O)(=O)c2cccs2)cc1. The molecule has 2 aromatic carbocycles. The Hall–Kier alpha value is -2.64. The van der Waals surface area contributed by atoms with Gasteiger partial charge in [0.2, 0.25) is 0 Å². The molecular weight excluding hydrogens is 428 g/mol. The largest absolute Gasteiger partial charge is 0.322 e. The summed E-state index contributed by atoms with van der Waals surface area (Å²) >= 11 is 1.22. The van der Waals surface area contributed by atoms with Crippen molar-refractivity contribution in [2.45, 2.75) is 43.2 Å². The summed E-state index contributed by atoms with van der Waals surface area (Å²) in [5.74, 6) is -0.181. The summed E-state index contributed by atoms with van der Waals surface area (Å²) in [6, 6.07) is 16.5. The molecule has 1 N–H and O–H groups in total. The standard InChI is InChI=1S/C24H26N2O3S2/c1-24(2,3)19-10-8-17(9-11-19)23(27)25-20-12-13-21-18(16-20)6-4-14-26(21)31(28,29)22-7-5-15-30-22/h5,7-13,15-16H,4,6,14H2,1-3H3,(H,25,27). The Bertz CT molecular complexity index is 1190. The fraction of sp³-hybridized carbons (Fsp3) is 0.292. The van der Waals surface area contributed by atoms with Gasteiger partial charge in [-0.15, -0.1) is 11.3 Å². The van der Waals surface area contributed by atoms with Crippen LogP contribution in [0.25, 0.3) is 0 Å². The average molecular weight is 455 g/mol. The maximum Gasteiger partial charge on any atom is 0.273 e. The number of fused-ring (bicyclic) bond motifs is 1. The van der Waals surface area contributed by atoms with Crippen molar-refractivity contribution in [2.24, 2.45) is 0 Å². The van der Waals surface area contributed by atoms with Crippen molar-refractivity contribution in [3.63, 3.8) is 0 Å². The Balaban J connectivity index is 1.55. The number of amides is 1. The smallest absolute Gasteiger partial charge is 0.273 e. The van der Waals surface area contributed by atoms with Crippen LogP contribution in [0.4, 0.5) is 11.4 Å². The van der Waals surface area contributed by atoms with Crippen LogP contribution >= 0.6 is 11.3 Å². The molecule has 2 heterocycles. The summed E-state index contributed by atoms with van der Waals surface area (Å²) < 4.78 is 27.9. The van der Waals surface area contributed by atoms with E-state index in [9.17, 15) is 13.2 Å². The van der Waals surface area contributed by atoms with E-state index in [4.69, 9.17) is 0 Å². The van der Waals surface area contributed by atoms with Crippen LogP contribution in [-0.4, -0.2) is 20.9 Å². The van der Waals surface area contributed by atoms with Gasteiger partial charge in [-0.3, -0.25) is 9.10 Å². The molecule has 0 saturated carbocycles. The lowest BCUT2D eigenvalue weighted by Gasteiger charge is -2.30. The number of rotatable bonds is 4. The lowest BCUT2D eigenvalue weighted by Crippen LogP contribution is -2.35. The summed E-state index contributed by atoms with van der Waals surface area (Å²) in [6.07, 6.45) is 1.51. The van der Waals surface area contributed by atoms with Gasteiger partial charge in [-0.05, 0) is 71.2 Å². The van der Waals surface area contributed by atoms with Crippen molar-refractivity contribution in [1.82, 2.24) is 0 Å². The molecule has 0 atom stereocenters. The van der Waals surface area contributed by atoms with Crippen molar-refractivity contribution in [3.05, 3.63) is 76.7 Å². The van der Waals surface area contributed by atoms with Crippen molar-refractivity contribution in [1.29, 1.82) is 0 Å². The number of aryl methyl sites for hydroxylation is 1. The molecule has 1 aliphatic heterocycles. The fourth-order valence-electron chi connectivity index (χ4n) is 3.73. The van der Waals surface area contributed by atoms with Crippen LogP contribution in [0.1, 0.15) is 48.7 Å². The molecule has 0 bridgehead atoms. The zero-order valence-corrected chi connectivity index (χ0v) is 19.5. The van der Waals surface area contributed by atoms with Crippen LogP contribution < -0.4 is 9.62 Å². The number of anilines is 2. The molecule has 0 unspecified atom stereocenters. The first-order chi connectivity index (χ1) is 14.7. The lowest BCUT2D eigenvalue weighted by atomic mass is 9.87. The second-order valence-corrected chi connectivity index (χ2v) is 11.8. The summed E-state index contributed by atoms with van der Waals surface area (Å²) in [6.45, 7) is 6.87. The Morgan fingerprint density at radius 2 is 1.81 bits per heavy atom. The third kappa shape index (κ3) is 4.38. The van der Waals surface area contributed by atoms with Crippen LogP contribution in [0.5, 0.6) is 0 Å². The van der Waals surface area contributed by atoms with E-state index in [0.717, 1.165) is 18.4 Å². The first kappa shape index (κ1) is 21.6. The second-order valence-electron chi connectivity index (χ2n) is 8.74. The molecule has 31 heavy (non-hydrogen) atoms. The first-order valence-electron chi connectivity index (χ1n) is 10.3. The Labute approximate surface area is 187 Å². The number of hydrogen-bond acceptors (Lipinski definition) is 4. The first-order valence-corrected chi connectivity index (χ1v) is 12.6. The number of carbonyl (C=O) groups excluding carboxylic acids is 1. The van der Waals surface area contributed by atoms with E-state index in [1.54, 1.807) is 29.6 Å². The van der Waals surface area contributed by atoms with Gasteiger partial charge in [-0.1, -0.05) is 39.0 Å². The topological polar surface area (TPSA) is 66.5 Å². The molecule has 4 rings (SSSR count). The number of nitrogens with one attached hydrogen (secondary N) is 1. The van der Waals surface area contributed by atoms with Gasteiger partial charge in [0.15, 0.2) is 0 Å². The quantitative estimate of drug-likeness (QED) is 0.571. The molecule has 0 spiro atoms. The van der Waals surface area contributed by atoms with Crippen molar-refractivity contribution in [3.8, 4) is 0 Å². The normalized spacial score (nSPS) is 14.2. The van der Waals surface area contributed by atoms with Gasteiger partial charge >= 0.3 is 0 Å². The highest BCUT2D eigenvalue weighted by Crippen LogP contribution is 2.35. The van der Waals surface area contributed by atoms with Crippen LogP contribution in [0.15, 0.2) is 64.2 Å². The van der Waals surface area contributed by atoms with E-state index in [1.165, 1.54) is 21.2 Å². The van der Waals surface area contributed by atoms with Crippen LogP contribution in [0.3, 0.4) is 0 Å². The van der Waals surface area contributed by atoms with E-state index in [0.29, 0.717) is 27.7 Å². The molecule has 5 nitrogen and oxygen atoms in total. The summed E-state index contributed by atoms with van der Waals surface area (Å²) in [5, 5.41) is 4.71. The van der Waals surface area contributed by atoms with E-state index in [-0.39, 0.29) is 11.3 Å². The van der Waals surface area contributed by atoms with Crippen LogP contribution in [-0.2, 0) is 21.9 Å². The van der Waals surface area contributed by atoms with Gasteiger partial charge in [0.25, 0.3) is 15.9 Å². The summed E-state index contributed by atoms with van der Waals surface area (Å²) in [7, 11) is -3.56. The third-order valence-electron chi connectivity index (χ3n) is 5.47. The summed E-state index contributed by atoms with van der Waals surface area (Å²) in [5.41, 5.74) is 4.07. The van der Waals surface area contributed by atoms with Gasteiger partial charge in [0, 0.05) is 17.8 Å². The molecule has 7 heteroatoms. The average Bonchev–Trinajstić information content (AvgIpc) is 3.28. The van der Waals surface area contributed by atoms with Gasteiger partial charge in [0.05, 0.1) is 5.69 Å². The molecule has 1 aromatic heterocycles. The zero-order valence-electron chi connectivity index (χ0n) is 17.9. The van der Waals surface area contributed by atoms with Gasteiger partial charge in [0.1, 0.15) is 4.21 Å². The Kier molecular flexibility index (Phi) is 5.66. The van der Waals surface area contributed by atoms with E-state index in [2.05, 4.69) is 26.1 Å². The molecule has 0 radical (unpaired) electrons. The minimum Gasteiger partial charge on any atom is -0.322 e. The van der Waals surface area contributed by atoms with E-state index < -0.39 is 10.0 Å². The van der Waals surface area contributed by atoms with Gasteiger partial charge < -0.3 is 5.32 Å². The van der Waals surface area contributed by atoms with Gasteiger partial charge in [-0.2, -0.15) is 0 Å². The molecule has 0 saturated heterocycles. The van der Waals surface area contributed by atoms with E-state index in [1.807, 2.05) is 30.3 Å². The maximum absolute atomic E-state index is 13.0. The maximum atomic E-state index is 13.0. The predicted octanol–water partition coefficient (Wildman–Crippen LogP) is 5.44. The number of thiophene rings is 1. The fourth-order valence-corrected chi connectivity index (χ4v) is 6.38. The number of carbonyl (C=O) groups is 1. The Morgan fingerprint density at radius 1 is 1.06 bits per heavy atom. The number of benzene rings is 2. The molecule has 0 fully saturated rings. The summed E-state index contributed by atoms with van der Waals surface area (Å²) in [4.78, 5) is 12.7. The highest BCUT2D eigenvalue weighted by molar-refractivity contribution is 7.94. The highest BCUT2D eigenvalue weighted by Gasteiger charge is 2.30. The minimum absolute atomic E-state index is 0.0306. The lowest BCUT2D eigenvalue weighted by molar-refractivity contribution is 0.102. The molecule has 3 aromatic rings. The highest BCUT2D eigenvalue weighted by atomic mass is 32.2. The molecular formula is C24H26N2O3S2.